The maximum atomic E-state index is 12.3. The third kappa shape index (κ3) is 3.39. The molecule has 116 valence electrons. The number of fused-ring (bicyclic) bond motifs is 1. The minimum atomic E-state index is -0.286. The van der Waals surface area contributed by atoms with Gasteiger partial charge in [0.2, 0.25) is 5.91 Å². The summed E-state index contributed by atoms with van der Waals surface area (Å²) in [4.78, 5) is 36.7. The van der Waals surface area contributed by atoms with E-state index in [0.717, 1.165) is 5.69 Å². The molecular weight excluding hydrogens is 294 g/mol. The number of rotatable bonds is 4. The summed E-state index contributed by atoms with van der Waals surface area (Å²) in [5, 5.41) is 3.21. The Morgan fingerprint density at radius 2 is 2.00 bits per heavy atom. The first-order valence-corrected chi connectivity index (χ1v) is 7.12. The van der Waals surface area contributed by atoms with Crippen molar-refractivity contribution in [2.75, 3.05) is 0 Å². The summed E-state index contributed by atoms with van der Waals surface area (Å²) >= 11 is 0. The van der Waals surface area contributed by atoms with Gasteiger partial charge in [-0.25, -0.2) is 4.98 Å². The Labute approximate surface area is 132 Å². The van der Waals surface area contributed by atoms with E-state index < -0.39 is 0 Å². The molecule has 0 aliphatic heterocycles. The summed E-state index contributed by atoms with van der Waals surface area (Å²) in [5.74, 6) is -0.286. The number of hydrogen-bond donors (Lipinski definition) is 1. The molecule has 1 N–H and O–H groups in total. The Hall–Kier alpha value is -3.09. The molecule has 1 aromatic carbocycles. The fourth-order valence-corrected chi connectivity index (χ4v) is 2.13. The molecule has 0 fully saturated rings. The molecule has 0 unspecified atom stereocenters. The van der Waals surface area contributed by atoms with Crippen LogP contribution in [-0.2, 0) is 17.9 Å². The number of aromatic nitrogens is 4. The van der Waals surface area contributed by atoms with Gasteiger partial charge in [0.1, 0.15) is 6.54 Å². The van der Waals surface area contributed by atoms with Crippen LogP contribution >= 0.6 is 0 Å². The molecule has 2 heterocycles. The molecule has 0 saturated heterocycles. The molecule has 0 radical (unpaired) electrons. The third-order valence-corrected chi connectivity index (χ3v) is 3.35. The molecule has 0 aliphatic rings. The molecule has 3 aromatic rings. The normalized spacial score (nSPS) is 10.7. The van der Waals surface area contributed by atoms with Crippen LogP contribution in [0.25, 0.3) is 10.9 Å². The van der Waals surface area contributed by atoms with Gasteiger partial charge in [0, 0.05) is 6.20 Å². The number of benzene rings is 1. The van der Waals surface area contributed by atoms with Gasteiger partial charge >= 0.3 is 0 Å². The van der Waals surface area contributed by atoms with Gasteiger partial charge in [0.15, 0.2) is 0 Å². The van der Waals surface area contributed by atoms with Crippen molar-refractivity contribution >= 4 is 16.8 Å². The highest BCUT2D eigenvalue weighted by molar-refractivity contribution is 5.78. The average molecular weight is 309 g/mol. The van der Waals surface area contributed by atoms with Crippen molar-refractivity contribution in [2.45, 2.75) is 20.0 Å². The molecule has 0 aliphatic carbocycles. The topological polar surface area (TPSA) is 89.8 Å². The number of nitrogens with one attached hydrogen (secondary N) is 1. The van der Waals surface area contributed by atoms with Crippen LogP contribution in [0.3, 0.4) is 0 Å². The highest BCUT2D eigenvalue weighted by Crippen LogP contribution is 2.04. The van der Waals surface area contributed by atoms with Crippen LogP contribution in [-0.4, -0.2) is 25.4 Å². The molecule has 3 rings (SSSR count). The van der Waals surface area contributed by atoms with Crippen molar-refractivity contribution in [1.29, 1.82) is 0 Å². The number of carbonyl (C=O) groups excluding carboxylic acids is 1. The number of hydrogen-bond acceptors (Lipinski definition) is 5. The summed E-state index contributed by atoms with van der Waals surface area (Å²) in [6.07, 6.45) is 4.63. The highest BCUT2D eigenvalue weighted by atomic mass is 16.2. The second kappa shape index (κ2) is 6.35. The zero-order chi connectivity index (χ0) is 16.2. The zero-order valence-electron chi connectivity index (χ0n) is 12.6. The molecule has 7 nitrogen and oxygen atoms in total. The second-order valence-corrected chi connectivity index (χ2v) is 5.12. The molecule has 0 saturated carbocycles. The lowest BCUT2D eigenvalue weighted by atomic mass is 10.2. The first-order valence-electron chi connectivity index (χ1n) is 7.12. The molecule has 23 heavy (non-hydrogen) atoms. The number of amides is 1. The molecule has 0 atom stereocenters. The van der Waals surface area contributed by atoms with Gasteiger partial charge < -0.3 is 5.32 Å². The zero-order valence-corrected chi connectivity index (χ0v) is 12.6. The Morgan fingerprint density at radius 1 is 1.17 bits per heavy atom. The van der Waals surface area contributed by atoms with Crippen LogP contribution in [0.1, 0.15) is 11.4 Å². The van der Waals surface area contributed by atoms with E-state index in [2.05, 4.69) is 20.3 Å². The van der Waals surface area contributed by atoms with E-state index >= 15 is 0 Å². The molecule has 7 heteroatoms. The summed E-state index contributed by atoms with van der Waals surface area (Å²) in [7, 11) is 0. The third-order valence-electron chi connectivity index (χ3n) is 3.35. The van der Waals surface area contributed by atoms with Crippen LogP contribution < -0.4 is 10.9 Å². The Balaban J connectivity index is 1.69. The average Bonchev–Trinajstić information content (AvgIpc) is 2.57. The van der Waals surface area contributed by atoms with Gasteiger partial charge in [-0.3, -0.25) is 24.1 Å². The van der Waals surface area contributed by atoms with E-state index in [-0.39, 0.29) is 24.6 Å². The van der Waals surface area contributed by atoms with Crippen LogP contribution in [0, 0.1) is 6.92 Å². The van der Waals surface area contributed by atoms with Gasteiger partial charge in [-0.1, -0.05) is 12.1 Å². The van der Waals surface area contributed by atoms with Crippen LogP contribution in [0.2, 0.25) is 0 Å². The standard InChI is InChI=1S/C16H15N5O2/c1-11-6-18-12(7-17-11)8-19-15(22)9-21-10-20-14-5-3-2-4-13(14)16(21)23/h2-7,10H,8-9H2,1H3,(H,19,22). The van der Waals surface area contributed by atoms with Crippen molar-refractivity contribution in [3.8, 4) is 0 Å². The summed E-state index contributed by atoms with van der Waals surface area (Å²) in [6, 6.07) is 7.04. The number of nitrogens with zero attached hydrogens (tertiary/aromatic N) is 4. The molecule has 2 aromatic heterocycles. The Bertz CT molecular complexity index is 902. The van der Waals surface area contributed by atoms with Crippen molar-refractivity contribution < 1.29 is 4.79 Å². The van der Waals surface area contributed by atoms with E-state index in [9.17, 15) is 9.59 Å². The van der Waals surface area contributed by atoms with Gasteiger partial charge in [0.05, 0.1) is 41.4 Å². The predicted molar refractivity (Wildman–Crippen MR) is 84.6 cm³/mol. The summed E-state index contributed by atoms with van der Waals surface area (Å²) < 4.78 is 1.29. The lowest BCUT2D eigenvalue weighted by Crippen LogP contribution is -2.32. The van der Waals surface area contributed by atoms with E-state index in [4.69, 9.17) is 0 Å². The van der Waals surface area contributed by atoms with Crippen molar-refractivity contribution in [3.05, 3.63) is 64.7 Å². The van der Waals surface area contributed by atoms with E-state index in [1.54, 1.807) is 30.6 Å². The minimum absolute atomic E-state index is 0.0873. The fourth-order valence-electron chi connectivity index (χ4n) is 2.13. The van der Waals surface area contributed by atoms with Gasteiger partial charge in [-0.05, 0) is 19.1 Å². The highest BCUT2D eigenvalue weighted by Gasteiger charge is 2.08. The fraction of sp³-hybridized carbons (Fsp3) is 0.188. The molecule has 0 bridgehead atoms. The maximum absolute atomic E-state index is 12.3. The summed E-state index contributed by atoms with van der Waals surface area (Å²) in [5.41, 5.74) is 1.85. The SMILES string of the molecule is Cc1cnc(CNC(=O)Cn2cnc3ccccc3c2=O)cn1. The van der Waals surface area contributed by atoms with Crippen LogP contribution in [0.5, 0.6) is 0 Å². The van der Waals surface area contributed by atoms with Gasteiger partial charge in [-0.2, -0.15) is 0 Å². The summed E-state index contributed by atoms with van der Waals surface area (Å²) in [6.45, 7) is 2.02. The predicted octanol–water partition coefficient (Wildman–Crippen LogP) is 0.811. The lowest BCUT2D eigenvalue weighted by Gasteiger charge is -2.07. The quantitative estimate of drug-likeness (QED) is 0.770. The number of carbonyl (C=O) groups is 1. The first-order chi connectivity index (χ1) is 11.1. The van der Waals surface area contributed by atoms with Crippen molar-refractivity contribution in [1.82, 2.24) is 24.8 Å². The second-order valence-electron chi connectivity index (χ2n) is 5.12. The Kier molecular flexibility index (Phi) is 4.09. The monoisotopic (exact) mass is 309 g/mol. The van der Waals surface area contributed by atoms with Gasteiger partial charge in [0.25, 0.3) is 5.56 Å². The first kappa shape index (κ1) is 14.8. The largest absolute Gasteiger partial charge is 0.349 e. The van der Waals surface area contributed by atoms with E-state index in [1.165, 1.54) is 10.9 Å². The van der Waals surface area contributed by atoms with E-state index in [0.29, 0.717) is 16.6 Å². The molecular formula is C16H15N5O2. The number of aryl methyl sites for hydroxylation is 1. The smallest absolute Gasteiger partial charge is 0.261 e. The molecule has 0 spiro atoms. The van der Waals surface area contributed by atoms with Crippen molar-refractivity contribution in [3.63, 3.8) is 0 Å². The van der Waals surface area contributed by atoms with Crippen LogP contribution in [0.4, 0.5) is 0 Å². The maximum Gasteiger partial charge on any atom is 0.261 e. The van der Waals surface area contributed by atoms with E-state index in [1.807, 2.05) is 13.0 Å². The van der Waals surface area contributed by atoms with Crippen LogP contribution in [0.15, 0.2) is 47.8 Å². The Morgan fingerprint density at radius 3 is 2.78 bits per heavy atom. The van der Waals surface area contributed by atoms with Gasteiger partial charge in [-0.15, -0.1) is 0 Å². The number of para-hydroxylation sites is 1. The van der Waals surface area contributed by atoms with Crippen molar-refractivity contribution in [2.24, 2.45) is 0 Å². The molecule has 1 amide bonds. The minimum Gasteiger partial charge on any atom is -0.349 e. The lowest BCUT2D eigenvalue weighted by molar-refractivity contribution is -0.121.